The van der Waals surface area contributed by atoms with E-state index in [1.54, 1.807) is 11.3 Å². The lowest BCUT2D eigenvalue weighted by molar-refractivity contribution is 0.590. The van der Waals surface area contributed by atoms with Gasteiger partial charge >= 0.3 is 0 Å². The maximum atomic E-state index is 6.16. The highest BCUT2D eigenvalue weighted by Crippen LogP contribution is 2.24. The maximum absolute atomic E-state index is 6.16. The summed E-state index contributed by atoms with van der Waals surface area (Å²) in [6, 6.07) is 6.48. The Balaban J connectivity index is 2.20. The van der Waals surface area contributed by atoms with E-state index < -0.39 is 0 Å². The molecule has 0 fully saturated rings. The molecule has 17 heavy (non-hydrogen) atoms. The lowest BCUT2D eigenvalue weighted by atomic mass is 10.0. The Bertz CT molecular complexity index is 482. The summed E-state index contributed by atoms with van der Waals surface area (Å²) in [5.74, 6) is 0. The number of hydrogen-bond donors (Lipinski definition) is 1. The molecule has 1 N–H and O–H groups in total. The molecule has 0 radical (unpaired) electrons. The highest BCUT2D eigenvalue weighted by atomic mass is 35.5. The standard InChI is InChI=1S/C13H15ClN2S/c1-9-3-4-10(7-11(9)14)12(15-2)8-13-16-5-6-17-13/h3-7,12,15H,8H2,1-2H3. The monoisotopic (exact) mass is 266 g/mol. The van der Waals surface area contributed by atoms with Crippen LogP contribution in [0.25, 0.3) is 0 Å². The predicted octanol–water partition coefficient (Wildman–Crippen LogP) is 3.61. The highest BCUT2D eigenvalue weighted by Gasteiger charge is 2.12. The van der Waals surface area contributed by atoms with Crippen molar-refractivity contribution in [2.24, 2.45) is 0 Å². The quantitative estimate of drug-likeness (QED) is 0.915. The summed E-state index contributed by atoms with van der Waals surface area (Å²) >= 11 is 7.84. The molecular formula is C13H15ClN2S. The summed E-state index contributed by atoms with van der Waals surface area (Å²) in [5.41, 5.74) is 2.32. The van der Waals surface area contributed by atoms with Crippen molar-refractivity contribution in [3.8, 4) is 0 Å². The Kier molecular flexibility index (Phi) is 4.15. The van der Waals surface area contributed by atoms with Crippen LogP contribution in [0.1, 0.15) is 22.2 Å². The van der Waals surface area contributed by atoms with Gasteiger partial charge in [0.2, 0.25) is 0 Å². The zero-order valence-electron chi connectivity index (χ0n) is 9.90. The van der Waals surface area contributed by atoms with E-state index in [0.717, 1.165) is 22.0 Å². The number of rotatable bonds is 4. The zero-order valence-corrected chi connectivity index (χ0v) is 11.5. The summed E-state index contributed by atoms with van der Waals surface area (Å²) in [6.45, 7) is 2.02. The summed E-state index contributed by atoms with van der Waals surface area (Å²) in [6.07, 6.45) is 2.74. The van der Waals surface area contributed by atoms with Crippen LogP contribution in [0.3, 0.4) is 0 Å². The number of nitrogens with one attached hydrogen (secondary N) is 1. The van der Waals surface area contributed by atoms with Gasteiger partial charge in [0.1, 0.15) is 0 Å². The SMILES string of the molecule is CNC(Cc1nccs1)c1ccc(C)c(Cl)c1. The molecule has 90 valence electrons. The second kappa shape index (κ2) is 5.63. The number of likely N-dealkylation sites (N-methyl/N-ethyl adjacent to an activating group) is 1. The third-order valence-corrected chi connectivity index (χ3v) is 4.02. The van der Waals surface area contributed by atoms with Gasteiger partial charge in [-0.3, -0.25) is 0 Å². The molecule has 1 aromatic heterocycles. The summed E-state index contributed by atoms with van der Waals surface area (Å²) < 4.78 is 0. The first-order valence-electron chi connectivity index (χ1n) is 5.52. The van der Waals surface area contributed by atoms with Crippen molar-refractivity contribution in [3.63, 3.8) is 0 Å². The largest absolute Gasteiger partial charge is 0.313 e. The Morgan fingerprint density at radius 3 is 2.88 bits per heavy atom. The Labute approximate surface area is 111 Å². The lowest BCUT2D eigenvalue weighted by Gasteiger charge is -2.16. The average Bonchev–Trinajstić information content (AvgIpc) is 2.82. The number of benzene rings is 1. The predicted molar refractivity (Wildman–Crippen MR) is 73.8 cm³/mol. The van der Waals surface area contributed by atoms with E-state index in [9.17, 15) is 0 Å². The van der Waals surface area contributed by atoms with Gasteiger partial charge in [-0.05, 0) is 31.2 Å². The Morgan fingerprint density at radius 2 is 2.29 bits per heavy atom. The van der Waals surface area contributed by atoms with Crippen molar-refractivity contribution in [3.05, 3.63) is 50.9 Å². The average molecular weight is 267 g/mol. The summed E-state index contributed by atoms with van der Waals surface area (Å²) in [4.78, 5) is 4.32. The summed E-state index contributed by atoms with van der Waals surface area (Å²) in [5, 5.41) is 7.28. The van der Waals surface area contributed by atoms with E-state index in [2.05, 4.69) is 22.4 Å². The van der Waals surface area contributed by atoms with Crippen molar-refractivity contribution >= 4 is 22.9 Å². The number of aryl methyl sites for hydroxylation is 1. The molecule has 0 aliphatic rings. The molecule has 2 aromatic rings. The number of aromatic nitrogens is 1. The van der Waals surface area contributed by atoms with Crippen molar-refractivity contribution in [1.29, 1.82) is 0 Å². The molecule has 4 heteroatoms. The molecule has 2 rings (SSSR count). The van der Waals surface area contributed by atoms with Gasteiger partial charge in [-0.2, -0.15) is 0 Å². The minimum atomic E-state index is 0.263. The minimum Gasteiger partial charge on any atom is -0.313 e. The van der Waals surface area contributed by atoms with Gasteiger partial charge in [0, 0.05) is 29.1 Å². The molecule has 0 aliphatic heterocycles. The van der Waals surface area contributed by atoms with Crippen LogP contribution in [0.5, 0.6) is 0 Å². The molecular weight excluding hydrogens is 252 g/mol. The van der Waals surface area contributed by atoms with Gasteiger partial charge in [0.25, 0.3) is 0 Å². The van der Waals surface area contributed by atoms with Crippen molar-refractivity contribution in [2.75, 3.05) is 7.05 Å². The number of halogens is 1. The van der Waals surface area contributed by atoms with Gasteiger partial charge in [-0.15, -0.1) is 11.3 Å². The van der Waals surface area contributed by atoms with Crippen molar-refractivity contribution < 1.29 is 0 Å². The molecule has 1 aromatic carbocycles. The smallest absolute Gasteiger partial charge is 0.0943 e. The van der Waals surface area contributed by atoms with Crippen LogP contribution in [0.4, 0.5) is 0 Å². The molecule has 0 amide bonds. The molecule has 0 aliphatic carbocycles. The first-order chi connectivity index (χ1) is 8.20. The minimum absolute atomic E-state index is 0.263. The van der Waals surface area contributed by atoms with Crippen molar-refractivity contribution in [2.45, 2.75) is 19.4 Å². The molecule has 1 atom stereocenters. The van der Waals surface area contributed by atoms with E-state index in [0.29, 0.717) is 0 Å². The molecule has 0 saturated carbocycles. The topological polar surface area (TPSA) is 24.9 Å². The van der Waals surface area contributed by atoms with Crippen LogP contribution in [-0.2, 0) is 6.42 Å². The zero-order chi connectivity index (χ0) is 12.3. The third-order valence-electron chi connectivity index (χ3n) is 2.81. The van der Waals surface area contributed by atoms with E-state index in [1.807, 2.05) is 31.6 Å². The van der Waals surface area contributed by atoms with Crippen LogP contribution in [0.15, 0.2) is 29.8 Å². The van der Waals surface area contributed by atoms with Crippen molar-refractivity contribution in [1.82, 2.24) is 10.3 Å². The molecule has 1 heterocycles. The van der Waals surface area contributed by atoms with E-state index in [4.69, 9.17) is 11.6 Å². The Hall–Kier alpha value is -0.900. The van der Waals surface area contributed by atoms with E-state index in [1.165, 1.54) is 5.56 Å². The first-order valence-corrected chi connectivity index (χ1v) is 6.78. The second-order valence-electron chi connectivity index (χ2n) is 3.98. The lowest BCUT2D eigenvalue weighted by Crippen LogP contribution is -2.18. The number of thiazole rings is 1. The third kappa shape index (κ3) is 3.06. The van der Waals surface area contributed by atoms with Gasteiger partial charge in [0.15, 0.2) is 0 Å². The van der Waals surface area contributed by atoms with Gasteiger partial charge in [0.05, 0.1) is 5.01 Å². The van der Waals surface area contributed by atoms with Crippen LogP contribution < -0.4 is 5.32 Å². The fourth-order valence-corrected chi connectivity index (χ4v) is 2.59. The molecule has 2 nitrogen and oxygen atoms in total. The summed E-state index contributed by atoms with van der Waals surface area (Å²) in [7, 11) is 1.96. The fraction of sp³-hybridized carbons (Fsp3) is 0.308. The Morgan fingerprint density at radius 1 is 1.47 bits per heavy atom. The van der Waals surface area contributed by atoms with Crippen LogP contribution in [0, 0.1) is 6.92 Å². The molecule has 1 unspecified atom stereocenters. The van der Waals surface area contributed by atoms with Gasteiger partial charge in [-0.1, -0.05) is 23.7 Å². The van der Waals surface area contributed by atoms with Crippen LogP contribution in [0.2, 0.25) is 5.02 Å². The number of hydrogen-bond acceptors (Lipinski definition) is 3. The van der Waals surface area contributed by atoms with Gasteiger partial charge < -0.3 is 5.32 Å². The molecule has 0 spiro atoms. The van der Waals surface area contributed by atoms with Crippen LogP contribution >= 0.6 is 22.9 Å². The van der Waals surface area contributed by atoms with Gasteiger partial charge in [-0.25, -0.2) is 4.98 Å². The fourth-order valence-electron chi connectivity index (χ4n) is 1.74. The second-order valence-corrected chi connectivity index (χ2v) is 5.37. The maximum Gasteiger partial charge on any atom is 0.0943 e. The van der Waals surface area contributed by atoms with E-state index in [-0.39, 0.29) is 6.04 Å². The molecule has 0 bridgehead atoms. The number of nitrogens with zero attached hydrogens (tertiary/aromatic N) is 1. The van der Waals surface area contributed by atoms with Crippen LogP contribution in [-0.4, -0.2) is 12.0 Å². The highest BCUT2D eigenvalue weighted by molar-refractivity contribution is 7.09. The van der Waals surface area contributed by atoms with E-state index >= 15 is 0 Å². The molecule has 0 saturated heterocycles. The first kappa shape index (κ1) is 12.6. The normalized spacial score (nSPS) is 12.6.